The summed E-state index contributed by atoms with van der Waals surface area (Å²) in [4.78, 5) is 36.6. The van der Waals surface area contributed by atoms with Crippen molar-refractivity contribution >= 4 is 51.3 Å². The van der Waals surface area contributed by atoms with Gasteiger partial charge < -0.3 is 19.6 Å². The van der Waals surface area contributed by atoms with Crippen LogP contribution in [0.3, 0.4) is 0 Å². The van der Waals surface area contributed by atoms with E-state index in [1.54, 1.807) is 29.6 Å². The number of rotatable bonds is 6. The topological polar surface area (TPSA) is 105 Å². The minimum absolute atomic E-state index is 0.0375. The van der Waals surface area contributed by atoms with E-state index in [2.05, 4.69) is 9.97 Å². The molecule has 32 heavy (non-hydrogen) atoms. The Morgan fingerprint density at radius 2 is 1.84 bits per heavy atom. The van der Waals surface area contributed by atoms with Crippen LogP contribution in [0.2, 0.25) is 0 Å². The number of thiophene rings is 2. The van der Waals surface area contributed by atoms with Gasteiger partial charge in [0.05, 0.1) is 35.7 Å². The van der Waals surface area contributed by atoms with Gasteiger partial charge in [0.15, 0.2) is 17.3 Å². The van der Waals surface area contributed by atoms with E-state index in [0.29, 0.717) is 27.4 Å². The van der Waals surface area contributed by atoms with E-state index < -0.39 is 17.7 Å². The van der Waals surface area contributed by atoms with Crippen molar-refractivity contribution in [1.82, 2.24) is 9.97 Å². The lowest BCUT2D eigenvalue weighted by atomic mass is 10.0. The standard InChI is InChI=1S/C22H17N3O5S2/c1-29-13-9-11-12(10-14(13)30-2)24-22(23-11)25-18(15-5-3-7-31-15)17(20(27)21(25)28)19(26)16-6-4-8-32-16/h3-10,18,27H,1-2H3,(H,23,24). The number of aliphatic hydroxyl groups is 1. The third-order valence-corrected chi connectivity index (χ3v) is 7.01. The predicted molar refractivity (Wildman–Crippen MR) is 122 cm³/mol. The van der Waals surface area contributed by atoms with Gasteiger partial charge >= 0.3 is 0 Å². The molecule has 3 aromatic heterocycles. The van der Waals surface area contributed by atoms with Gasteiger partial charge in [0.2, 0.25) is 11.7 Å². The number of carbonyl (C=O) groups excluding carboxylic acids is 2. The molecule has 2 N–H and O–H groups in total. The number of fused-ring (bicyclic) bond motifs is 1. The average molecular weight is 468 g/mol. The Labute approximate surface area is 190 Å². The first kappa shape index (κ1) is 20.3. The van der Waals surface area contributed by atoms with Crippen molar-refractivity contribution in [1.29, 1.82) is 0 Å². The molecular formula is C22H17N3O5S2. The Balaban J connectivity index is 1.65. The van der Waals surface area contributed by atoms with Gasteiger partial charge in [-0.1, -0.05) is 12.1 Å². The molecule has 1 atom stereocenters. The molecule has 1 unspecified atom stereocenters. The number of ketones is 1. The number of benzene rings is 1. The van der Waals surface area contributed by atoms with Crippen molar-refractivity contribution in [2.24, 2.45) is 0 Å². The Kier molecular flexibility index (Phi) is 4.95. The summed E-state index contributed by atoms with van der Waals surface area (Å²) in [6.07, 6.45) is 0. The number of carbonyl (C=O) groups is 2. The maximum atomic E-state index is 13.2. The molecule has 0 saturated carbocycles. The molecule has 1 aliphatic heterocycles. The van der Waals surface area contributed by atoms with E-state index in [9.17, 15) is 14.7 Å². The van der Waals surface area contributed by atoms with Gasteiger partial charge in [0.25, 0.3) is 5.91 Å². The highest BCUT2D eigenvalue weighted by Crippen LogP contribution is 2.43. The molecule has 1 amide bonds. The number of H-pyrrole nitrogens is 1. The molecule has 5 rings (SSSR count). The van der Waals surface area contributed by atoms with Crippen LogP contribution >= 0.6 is 22.7 Å². The highest BCUT2D eigenvalue weighted by molar-refractivity contribution is 7.12. The van der Waals surface area contributed by atoms with Crippen molar-refractivity contribution in [3.63, 3.8) is 0 Å². The third kappa shape index (κ3) is 3.07. The Morgan fingerprint density at radius 3 is 2.50 bits per heavy atom. The number of hydrogen-bond donors (Lipinski definition) is 2. The molecule has 0 spiro atoms. The summed E-state index contributed by atoms with van der Waals surface area (Å²) in [5, 5.41) is 14.4. The largest absolute Gasteiger partial charge is 0.503 e. The lowest BCUT2D eigenvalue weighted by Crippen LogP contribution is -2.31. The maximum Gasteiger partial charge on any atom is 0.296 e. The van der Waals surface area contributed by atoms with Crippen LogP contribution in [0.5, 0.6) is 11.5 Å². The monoisotopic (exact) mass is 467 g/mol. The molecule has 4 heterocycles. The van der Waals surface area contributed by atoms with E-state index in [1.807, 2.05) is 17.5 Å². The number of imidazole rings is 1. The number of nitrogens with one attached hydrogen (secondary N) is 1. The van der Waals surface area contributed by atoms with Crippen LogP contribution in [0.25, 0.3) is 11.0 Å². The summed E-state index contributed by atoms with van der Waals surface area (Å²) < 4.78 is 10.7. The SMILES string of the molecule is COc1cc2nc(N3C(=O)C(O)=C(C(=O)c4cccs4)C3c3cccs3)[nH]c2cc1OC. The van der Waals surface area contributed by atoms with Gasteiger partial charge in [0, 0.05) is 17.0 Å². The molecular weight excluding hydrogens is 450 g/mol. The summed E-state index contributed by atoms with van der Waals surface area (Å²) in [6.45, 7) is 0. The van der Waals surface area contributed by atoms with Crippen molar-refractivity contribution in [3.05, 3.63) is 68.2 Å². The minimum atomic E-state index is -0.804. The molecule has 1 aliphatic rings. The Bertz CT molecular complexity index is 1310. The molecule has 10 heteroatoms. The van der Waals surface area contributed by atoms with Crippen molar-refractivity contribution in [2.45, 2.75) is 6.04 Å². The lowest BCUT2D eigenvalue weighted by Gasteiger charge is -2.22. The maximum absolute atomic E-state index is 13.2. The first-order chi connectivity index (χ1) is 15.5. The number of nitrogens with zero attached hydrogens (tertiary/aromatic N) is 2. The van der Waals surface area contributed by atoms with Crippen LogP contribution in [-0.4, -0.2) is 41.0 Å². The second-order valence-electron chi connectivity index (χ2n) is 6.95. The molecule has 0 radical (unpaired) electrons. The van der Waals surface area contributed by atoms with E-state index in [4.69, 9.17) is 9.47 Å². The van der Waals surface area contributed by atoms with Gasteiger partial charge in [-0.05, 0) is 22.9 Å². The highest BCUT2D eigenvalue weighted by Gasteiger charge is 2.46. The van der Waals surface area contributed by atoms with Crippen LogP contribution in [0.4, 0.5) is 5.95 Å². The van der Waals surface area contributed by atoms with Crippen LogP contribution in [0.15, 0.2) is 58.5 Å². The fourth-order valence-corrected chi connectivity index (χ4v) is 5.25. The smallest absolute Gasteiger partial charge is 0.296 e. The average Bonchev–Trinajstić information content (AvgIpc) is 3.59. The second-order valence-corrected chi connectivity index (χ2v) is 8.87. The third-order valence-electron chi connectivity index (χ3n) is 5.21. The highest BCUT2D eigenvalue weighted by atomic mass is 32.1. The van der Waals surface area contributed by atoms with Gasteiger partial charge in [-0.2, -0.15) is 0 Å². The molecule has 0 saturated heterocycles. The number of aliphatic hydroxyl groups excluding tert-OH is 1. The van der Waals surface area contributed by atoms with Gasteiger partial charge in [-0.15, -0.1) is 22.7 Å². The van der Waals surface area contributed by atoms with Crippen molar-refractivity contribution in [2.75, 3.05) is 19.1 Å². The number of amides is 1. The molecule has 8 nitrogen and oxygen atoms in total. The number of anilines is 1. The minimum Gasteiger partial charge on any atom is -0.503 e. The van der Waals surface area contributed by atoms with E-state index >= 15 is 0 Å². The Morgan fingerprint density at radius 1 is 1.12 bits per heavy atom. The zero-order chi connectivity index (χ0) is 22.4. The summed E-state index contributed by atoms with van der Waals surface area (Å²) in [5.74, 6) is -0.438. The predicted octanol–water partition coefficient (Wildman–Crippen LogP) is 4.49. The molecule has 0 fully saturated rings. The number of aromatic nitrogens is 2. The molecule has 0 aliphatic carbocycles. The molecule has 162 valence electrons. The van der Waals surface area contributed by atoms with Crippen LogP contribution in [0, 0.1) is 0 Å². The number of ether oxygens (including phenoxy) is 2. The second kappa shape index (κ2) is 7.81. The zero-order valence-electron chi connectivity index (χ0n) is 17.0. The fraction of sp³-hybridized carbons (Fsp3) is 0.136. The Hall–Kier alpha value is -3.63. The number of hydrogen-bond acceptors (Lipinski definition) is 8. The van der Waals surface area contributed by atoms with Crippen LogP contribution in [-0.2, 0) is 4.79 Å². The lowest BCUT2D eigenvalue weighted by molar-refractivity contribution is -0.117. The quantitative estimate of drug-likeness (QED) is 0.405. The summed E-state index contributed by atoms with van der Waals surface area (Å²) in [7, 11) is 3.06. The number of Topliss-reactive ketones (excluding diaryl/α,β-unsaturated/α-hetero) is 1. The van der Waals surface area contributed by atoms with Crippen LogP contribution in [0.1, 0.15) is 20.6 Å². The van der Waals surface area contributed by atoms with Gasteiger partial charge in [-0.25, -0.2) is 4.98 Å². The molecule has 4 aromatic rings. The van der Waals surface area contributed by atoms with E-state index in [1.165, 1.54) is 41.8 Å². The van der Waals surface area contributed by atoms with Crippen molar-refractivity contribution < 1.29 is 24.2 Å². The normalized spacial score (nSPS) is 16.2. The van der Waals surface area contributed by atoms with Gasteiger partial charge in [-0.3, -0.25) is 14.5 Å². The van der Waals surface area contributed by atoms with Crippen molar-refractivity contribution in [3.8, 4) is 11.5 Å². The van der Waals surface area contributed by atoms with E-state index in [-0.39, 0.29) is 17.3 Å². The first-order valence-electron chi connectivity index (χ1n) is 9.53. The molecule has 0 bridgehead atoms. The van der Waals surface area contributed by atoms with Gasteiger partial charge in [0.1, 0.15) is 6.04 Å². The number of aromatic amines is 1. The number of methoxy groups -OCH3 is 2. The summed E-state index contributed by atoms with van der Waals surface area (Å²) in [5.41, 5.74) is 1.20. The van der Waals surface area contributed by atoms with Crippen LogP contribution < -0.4 is 14.4 Å². The molecule has 1 aromatic carbocycles. The first-order valence-corrected chi connectivity index (χ1v) is 11.3. The summed E-state index contributed by atoms with van der Waals surface area (Å²) in [6, 6.07) is 9.69. The summed E-state index contributed by atoms with van der Waals surface area (Å²) >= 11 is 2.65. The van der Waals surface area contributed by atoms with E-state index in [0.717, 1.165) is 4.88 Å². The fourth-order valence-electron chi connectivity index (χ4n) is 3.75. The zero-order valence-corrected chi connectivity index (χ0v) is 18.6.